The van der Waals surface area contributed by atoms with Gasteiger partial charge in [-0.1, -0.05) is 0 Å². The summed E-state index contributed by atoms with van der Waals surface area (Å²) in [5.74, 6) is 0.413. The second kappa shape index (κ2) is 5.22. The van der Waals surface area contributed by atoms with Gasteiger partial charge in [-0.3, -0.25) is 4.79 Å². The molecule has 3 nitrogen and oxygen atoms in total. The van der Waals surface area contributed by atoms with Crippen molar-refractivity contribution in [3.05, 3.63) is 0 Å². The van der Waals surface area contributed by atoms with Crippen molar-refractivity contribution in [1.82, 2.24) is 5.32 Å². The molecule has 2 unspecified atom stereocenters. The Morgan fingerprint density at radius 3 is 3.00 bits per heavy atom. The number of carbonyl (C=O) groups is 1. The lowest BCUT2D eigenvalue weighted by Crippen LogP contribution is -2.40. The van der Waals surface area contributed by atoms with E-state index in [0.717, 1.165) is 13.0 Å². The Bertz CT molecular complexity index is 170. The third-order valence-electron chi connectivity index (χ3n) is 2.66. The van der Waals surface area contributed by atoms with E-state index >= 15 is 0 Å². The van der Waals surface area contributed by atoms with Gasteiger partial charge >= 0.3 is 5.97 Å². The van der Waals surface area contributed by atoms with Gasteiger partial charge in [0.25, 0.3) is 0 Å². The standard InChI is InChI=1S/C10H19NO2/c1-3-13-10(12)7-9-5-4-6-11-8(9)2/h8-9,11H,3-7H2,1-2H3. The summed E-state index contributed by atoms with van der Waals surface area (Å²) >= 11 is 0. The molecule has 0 aromatic heterocycles. The van der Waals surface area contributed by atoms with Gasteiger partial charge in [0.1, 0.15) is 0 Å². The number of rotatable bonds is 3. The largest absolute Gasteiger partial charge is 0.466 e. The van der Waals surface area contributed by atoms with Crippen LogP contribution in [0.1, 0.15) is 33.1 Å². The lowest BCUT2D eigenvalue weighted by molar-refractivity contribution is -0.144. The Balaban J connectivity index is 2.29. The summed E-state index contributed by atoms with van der Waals surface area (Å²) in [6, 6.07) is 0.457. The molecule has 0 amide bonds. The van der Waals surface area contributed by atoms with Gasteiger partial charge in [0.2, 0.25) is 0 Å². The molecule has 0 spiro atoms. The average molecular weight is 185 g/mol. The maximum Gasteiger partial charge on any atom is 0.306 e. The summed E-state index contributed by atoms with van der Waals surface area (Å²) in [7, 11) is 0. The molecule has 2 atom stereocenters. The predicted molar refractivity (Wildman–Crippen MR) is 51.4 cm³/mol. The lowest BCUT2D eigenvalue weighted by Gasteiger charge is -2.29. The van der Waals surface area contributed by atoms with E-state index < -0.39 is 0 Å². The zero-order valence-corrected chi connectivity index (χ0v) is 8.51. The van der Waals surface area contributed by atoms with Crippen molar-refractivity contribution in [2.75, 3.05) is 13.2 Å². The molecule has 3 heteroatoms. The zero-order chi connectivity index (χ0) is 9.68. The number of nitrogens with one attached hydrogen (secondary N) is 1. The number of piperidine rings is 1. The van der Waals surface area contributed by atoms with E-state index in [0.29, 0.717) is 25.0 Å². The SMILES string of the molecule is CCOC(=O)CC1CCCNC1C. The molecule has 0 aromatic carbocycles. The topological polar surface area (TPSA) is 38.3 Å². The highest BCUT2D eigenvalue weighted by Gasteiger charge is 2.23. The van der Waals surface area contributed by atoms with E-state index in [4.69, 9.17) is 4.74 Å². The molecule has 0 saturated carbocycles. The lowest BCUT2D eigenvalue weighted by atomic mass is 9.89. The summed E-state index contributed by atoms with van der Waals surface area (Å²) in [6.45, 7) is 5.57. The minimum Gasteiger partial charge on any atom is -0.466 e. The minimum atomic E-state index is -0.0527. The van der Waals surface area contributed by atoms with E-state index in [9.17, 15) is 4.79 Å². The minimum absolute atomic E-state index is 0.0527. The van der Waals surface area contributed by atoms with Crippen molar-refractivity contribution >= 4 is 5.97 Å². The highest BCUT2D eigenvalue weighted by atomic mass is 16.5. The first-order valence-electron chi connectivity index (χ1n) is 5.13. The normalized spacial score (nSPS) is 28.5. The molecule has 1 aliphatic heterocycles. The van der Waals surface area contributed by atoms with Gasteiger partial charge in [0.15, 0.2) is 0 Å². The van der Waals surface area contributed by atoms with Crippen LogP contribution in [-0.2, 0) is 9.53 Å². The number of hydrogen-bond acceptors (Lipinski definition) is 3. The fourth-order valence-electron chi connectivity index (χ4n) is 1.82. The van der Waals surface area contributed by atoms with E-state index in [2.05, 4.69) is 12.2 Å². The zero-order valence-electron chi connectivity index (χ0n) is 8.51. The van der Waals surface area contributed by atoms with Crippen LogP contribution in [0.15, 0.2) is 0 Å². The van der Waals surface area contributed by atoms with Crippen LogP contribution in [0.5, 0.6) is 0 Å². The summed E-state index contributed by atoms with van der Waals surface area (Å²) in [4.78, 5) is 11.2. The van der Waals surface area contributed by atoms with Crippen LogP contribution in [0.3, 0.4) is 0 Å². The summed E-state index contributed by atoms with van der Waals surface area (Å²) in [5, 5.41) is 3.37. The van der Waals surface area contributed by atoms with E-state index in [1.54, 1.807) is 0 Å². The highest BCUT2D eigenvalue weighted by Crippen LogP contribution is 2.20. The maximum atomic E-state index is 11.2. The van der Waals surface area contributed by atoms with Gasteiger partial charge in [0.05, 0.1) is 6.61 Å². The number of carbonyl (C=O) groups excluding carboxylic acids is 1. The molecule has 1 rings (SSSR count). The molecule has 13 heavy (non-hydrogen) atoms. The van der Waals surface area contributed by atoms with Gasteiger partial charge in [-0.15, -0.1) is 0 Å². The van der Waals surface area contributed by atoms with Crippen LogP contribution >= 0.6 is 0 Å². The number of hydrogen-bond donors (Lipinski definition) is 1. The summed E-state index contributed by atoms with van der Waals surface area (Å²) < 4.78 is 4.93. The first kappa shape index (κ1) is 10.5. The van der Waals surface area contributed by atoms with Gasteiger partial charge in [-0.05, 0) is 39.2 Å². The molecule has 0 aromatic rings. The van der Waals surface area contributed by atoms with Crippen molar-refractivity contribution in [3.63, 3.8) is 0 Å². The van der Waals surface area contributed by atoms with Crippen molar-refractivity contribution in [2.45, 2.75) is 39.2 Å². The van der Waals surface area contributed by atoms with Crippen molar-refractivity contribution in [3.8, 4) is 0 Å². The predicted octanol–water partition coefficient (Wildman–Crippen LogP) is 1.33. The van der Waals surface area contributed by atoms with Crippen LogP contribution in [-0.4, -0.2) is 25.2 Å². The van der Waals surface area contributed by atoms with E-state index in [-0.39, 0.29) is 5.97 Å². The Morgan fingerprint density at radius 2 is 2.38 bits per heavy atom. The van der Waals surface area contributed by atoms with Gasteiger partial charge in [0, 0.05) is 12.5 Å². The monoisotopic (exact) mass is 185 g/mol. The number of esters is 1. The molecule has 0 radical (unpaired) electrons. The molecular weight excluding hydrogens is 166 g/mol. The van der Waals surface area contributed by atoms with Crippen LogP contribution in [0.25, 0.3) is 0 Å². The second-order valence-electron chi connectivity index (χ2n) is 3.65. The Morgan fingerprint density at radius 1 is 1.62 bits per heavy atom. The molecule has 1 saturated heterocycles. The third-order valence-corrected chi connectivity index (χ3v) is 2.66. The van der Waals surface area contributed by atoms with E-state index in [1.165, 1.54) is 6.42 Å². The molecule has 1 heterocycles. The molecule has 0 aliphatic carbocycles. The molecule has 0 bridgehead atoms. The molecule has 1 aliphatic rings. The van der Waals surface area contributed by atoms with E-state index in [1.807, 2.05) is 6.92 Å². The molecular formula is C10H19NO2. The number of ether oxygens (including phenoxy) is 1. The second-order valence-corrected chi connectivity index (χ2v) is 3.65. The van der Waals surface area contributed by atoms with Crippen LogP contribution in [0, 0.1) is 5.92 Å². The quantitative estimate of drug-likeness (QED) is 0.674. The fourth-order valence-corrected chi connectivity index (χ4v) is 1.82. The Kier molecular flexibility index (Phi) is 4.22. The van der Waals surface area contributed by atoms with Crippen molar-refractivity contribution in [1.29, 1.82) is 0 Å². The first-order chi connectivity index (χ1) is 6.24. The van der Waals surface area contributed by atoms with Gasteiger partial charge in [-0.25, -0.2) is 0 Å². The molecule has 1 N–H and O–H groups in total. The molecule has 1 fully saturated rings. The smallest absolute Gasteiger partial charge is 0.306 e. The highest BCUT2D eigenvalue weighted by molar-refractivity contribution is 5.69. The third kappa shape index (κ3) is 3.35. The molecule has 76 valence electrons. The first-order valence-corrected chi connectivity index (χ1v) is 5.13. The Labute approximate surface area is 79.8 Å². The summed E-state index contributed by atoms with van der Waals surface area (Å²) in [6.07, 6.45) is 2.89. The van der Waals surface area contributed by atoms with Crippen LogP contribution in [0.4, 0.5) is 0 Å². The van der Waals surface area contributed by atoms with Gasteiger partial charge < -0.3 is 10.1 Å². The van der Waals surface area contributed by atoms with Crippen molar-refractivity contribution in [2.24, 2.45) is 5.92 Å². The fraction of sp³-hybridized carbons (Fsp3) is 0.900. The summed E-state index contributed by atoms with van der Waals surface area (Å²) in [5.41, 5.74) is 0. The Hall–Kier alpha value is -0.570. The average Bonchev–Trinajstić information content (AvgIpc) is 2.09. The van der Waals surface area contributed by atoms with Gasteiger partial charge in [-0.2, -0.15) is 0 Å². The van der Waals surface area contributed by atoms with Crippen LogP contribution in [0.2, 0.25) is 0 Å². The maximum absolute atomic E-state index is 11.2. The van der Waals surface area contributed by atoms with Crippen LogP contribution < -0.4 is 5.32 Å². The van der Waals surface area contributed by atoms with Crippen molar-refractivity contribution < 1.29 is 9.53 Å².